The molecule has 1 heterocycles. The molecule has 3 unspecified atom stereocenters. The van der Waals surface area contributed by atoms with Crippen LogP contribution in [0.1, 0.15) is 46.0 Å². The lowest BCUT2D eigenvalue weighted by atomic mass is 9.92. The molecule has 0 aromatic carbocycles. The van der Waals surface area contributed by atoms with E-state index in [1.54, 1.807) is 0 Å². The zero-order valence-corrected chi connectivity index (χ0v) is 12.0. The molecule has 0 radical (unpaired) electrons. The van der Waals surface area contributed by atoms with Crippen molar-refractivity contribution in [3.63, 3.8) is 0 Å². The molecule has 1 saturated heterocycles. The van der Waals surface area contributed by atoms with E-state index in [1.807, 2.05) is 0 Å². The van der Waals surface area contributed by atoms with Gasteiger partial charge in [0.1, 0.15) is 0 Å². The van der Waals surface area contributed by atoms with Crippen LogP contribution in [0.15, 0.2) is 0 Å². The number of terminal acetylenes is 1. The second kappa shape index (κ2) is 6.59. The van der Waals surface area contributed by atoms with Crippen molar-refractivity contribution in [1.29, 1.82) is 0 Å². The maximum atomic E-state index is 5.37. The first-order valence-electron chi connectivity index (χ1n) is 7.66. The van der Waals surface area contributed by atoms with Crippen molar-refractivity contribution in [1.82, 2.24) is 10.2 Å². The molecular formula is C16H28N2. The first-order valence-corrected chi connectivity index (χ1v) is 7.66. The van der Waals surface area contributed by atoms with Crippen LogP contribution in [0.3, 0.4) is 0 Å². The van der Waals surface area contributed by atoms with Gasteiger partial charge in [-0.05, 0) is 37.5 Å². The van der Waals surface area contributed by atoms with Gasteiger partial charge in [0.05, 0.1) is 6.54 Å². The van der Waals surface area contributed by atoms with Gasteiger partial charge in [0, 0.05) is 25.2 Å². The molecular weight excluding hydrogens is 220 g/mol. The quantitative estimate of drug-likeness (QED) is 0.769. The molecule has 18 heavy (non-hydrogen) atoms. The second-order valence-corrected chi connectivity index (χ2v) is 6.13. The average Bonchev–Trinajstić information content (AvgIpc) is 2.73. The predicted octanol–water partition coefficient (Wildman–Crippen LogP) is 2.50. The van der Waals surface area contributed by atoms with E-state index in [0.29, 0.717) is 0 Å². The molecule has 1 aliphatic heterocycles. The minimum Gasteiger partial charge on any atom is -0.311 e. The van der Waals surface area contributed by atoms with Crippen LogP contribution in [-0.4, -0.2) is 36.6 Å². The number of likely N-dealkylation sites (tertiary alicyclic amines) is 1. The largest absolute Gasteiger partial charge is 0.311 e. The van der Waals surface area contributed by atoms with E-state index >= 15 is 0 Å². The molecule has 1 aliphatic carbocycles. The lowest BCUT2D eigenvalue weighted by Crippen LogP contribution is -2.47. The van der Waals surface area contributed by atoms with Crippen molar-refractivity contribution in [3.05, 3.63) is 0 Å². The van der Waals surface area contributed by atoms with Crippen LogP contribution in [-0.2, 0) is 0 Å². The number of nitrogens with zero attached hydrogens (tertiary/aromatic N) is 1. The molecule has 2 aliphatic rings. The summed E-state index contributed by atoms with van der Waals surface area (Å²) in [5.41, 5.74) is 0. The fraction of sp³-hybridized carbons (Fsp3) is 0.875. The van der Waals surface area contributed by atoms with Gasteiger partial charge >= 0.3 is 0 Å². The highest BCUT2D eigenvalue weighted by Crippen LogP contribution is 2.34. The number of rotatable bonds is 4. The Morgan fingerprint density at radius 3 is 2.50 bits per heavy atom. The van der Waals surface area contributed by atoms with Gasteiger partial charge in [-0.15, -0.1) is 6.42 Å². The van der Waals surface area contributed by atoms with Gasteiger partial charge in [0.15, 0.2) is 0 Å². The summed E-state index contributed by atoms with van der Waals surface area (Å²) in [6.07, 6.45) is 12.0. The third-order valence-electron chi connectivity index (χ3n) is 5.10. The van der Waals surface area contributed by atoms with Gasteiger partial charge in [-0.1, -0.05) is 26.2 Å². The fourth-order valence-corrected chi connectivity index (χ4v) is 3.75. The molecule has 1 saturated carbocycles. The van der Waals surface area contributed by atoms with E-state index in [2.05, 4.69) is 30.0 Å². The van der Waals surface area contributed by atoms with Crippen LogP contribution < -0.4 is 5.32 Å². The molecule has 2 fully saturated rings. The molecule has 1 N–H and O–H groups in total. The lowest BCUT2D eigenvalue weighted by Gasteiger charge is -2.34. The molecule has 2 nitrogen and oxygen atoms in total. The summed E-state index contributed by atoms with van der Waals surface area (Å²) >= 11 is 0. The summed E-state index contributed by atoms with van der Waals surface area (Å²) < 4.78 is 0. The Kier molecular flexibility index (Phi) is 5.09. The van der Waals surface area contributed by atoms with Gasteiger partial charge in [0.2, 0.25) is 0 Å². The highest BCUT2D eigenvalue weighted by Gasteiger charge is 2.33. The molecule has 0 bridgehead atoms. The Morgan fingerprint density at radius 2 is 1.94 bits per heavy atom. The molecule has 0 aromatic rings. The van der Waals surface area contributed by atoms with E-state index in [9.17, 15) is 0 Å². The van der Waals surface area contributed by atoms with Crippen molar-refractivity contribution in [3.8, 4) is 12.3 Å². The van der Waals surface area contributed by atoms with E-state index in [4.69, 9.17) is 6.42 Å². The highest BCUT2D eigenvalue weighted by molar-refractivity contribution is 4.93. The monoisotopic (exact) mass is 248 g/mol. The van der Waals surface area contributed by atoms with Crippen LogP contribution in [0.4, 0.5) is 0 Å². The van der Waals surface area contributed by atoms with Gasteiger partial charge < -0.3 is 5.32 Å². The molecule has 3 atom stereocenters. The minimum absolute atomic E-state index is 0.724. The van der Waals surface area contributed by atoms with Crippen LogP contribution in [0, 0.1) is 24.2 Å². The topological polar surface area (TPSA) is 15.3 Å². The second-order valence-electron chi connectivity index (χ2n) is 6.13. The third kappa shape index (κ3) is 3.28. The smallest absolute Gasteiger partial charge is 0.0598 e. The molecule has 0 amide bonds. The SMILES string of the molecule is C#CCN1CCC(NC2CCC(CC)C2C)CC1. The van der Waals surface area contributed by atoms with Crippen LogP contribution in [0.2, 0.25) is 0 Å². The van der Waals surface area contributed by atoms with Crippen LogP contribution in [0.5, 0.6) is 0 Å². The lowest BCUT2D eigenvalue weighted by molar-refractivity contribution is 0.199. The zero-order chi connectivity index (χ0) is 13.0. The van der Waals surface area contributed by atoms with Crippen molar-refractivity contribution in [2.24, 2.45) is 11.8 Å². The standard InChI is InChI=1S/C16H28N2/c1-4-10-18-11-8-15(9-12-18)17-16-7-6-14(5-2)13(16)3/h1,13-17H,5-12H2,2-3H3. The maximum absolute atomic E-state index is 5.37. The van der Waals surface area contributed by atoms with Gasteiger partial charge in [-0.3, -0.25) is 4.90 Å². The molecule has 0 aromatic heterocycles. The average molecular weight is 248 g/mol. The first-order chi connectivity index (χ1) is 8.74. The van der Waals surface area contributed by atoms with Crippen LogP contribution >= 0.6 is 0 Å². The number of piperidine rings is 1. The number of hydrogen-bond acceptors (Lipinski definition) is 2. The minimum atomic E-state index is 0.724. The van der Waals surface area contributed by atoms with Gasteiger partial charge in [-0.25, -0.2) is 0 Å². The number of hydrogen-bond donors (Lipinski definition) is 1. The van der Waals surface area contributed by atoms with Crippen molar-refractivity contribution in [2.45, 2.75) is 58.0 Å². The molecule has 102 valence electrons. The Morgan fingerprint density at radius 1 is 1.22 bits per heavy atom. The Balaban J connectivity index is 1.74. The summed E-state index contributed by atoms with van der Waals surface area (Å²) in [4.78, 5) is 2.39. The fourth-order valence-electron chi connectivity index (χ4n) is 3.75. The summed E-state index contributed by atoms with van der Waals surface area (Å²) in [7, 11) is 0. The summed E-state index contributed by atoms with van der Waals surface area (Å²) in [6, 6.07) is 1.49. The van der Waals surface area contributed by atoms with Crippen molar-refractivity contribution in [2.75, 3.05) is 19.6 Å². The summed E-state index contributed by atoms with van der Waals surface area (Å²) in [6.45, 7) is 7.93. The third-order valence-corrected chi connectivity index (χ3v) is 5.10. The Hall–Kier alpha value is -0.520. The van der Waals surface area contributed by atoms with E-state index in [1.165, 1.54) is 45.2 Å². The van der Waals surface area contributed by atoms with Crippen molar-refractivity contribution >= 4 is 0 Å². The molecule has 0 spiro atoms. The van der Waals surface area contributed by atoms with E-state index in [0.717, 1.165) is 30.5 Å². The summed E-state index contributed by atoms with van der Waals surface area (Å²) in [5.74, 6) is 4.56. The molecule has 2 rings (SSSR count). The highest BCUT2D eigenvalue weighted by atomic mass is 15.1. The van der Waals surface area contributed by atoms with Gasteiger partial charge in [-0.2, -0.15) is 0 Å². The molecule has 2 heteroatoms. The van der Waals surface area contributed by atoms with E-state index in [-0.39, 0.29) is 0 Å². The first kappa shape index (κ1) is 13.9. The predicted molar refractivity (Wildman–Crippen MR) is 77.4 cm³/mol. The zero-order valence-electron chi connectivity index (χ0n) is 12.0. The van der Waals surface area contributed by atoms with E-state index < -0.39 is 0 Å². The maximum Gasteiger partial charge on any atom is 0.0598 e. The normalized spacial score (nSPS) is 34.6. The number of nitrogens with one attached hydrogen (secondary N) is 1. The Bertz CT molecular complexity index is 286. The summed E-state index contributed by atoms with van der Waals surface area (Å²) in [5, 5.41) is 3.92. The van der Waals surface area contributed by atoms with Crippen molar-refractivity contribution < 1.29 is 0 Å². The van der Waals surface area contributed by atoms with Crippen LogP contribution in [0.25, 0.3) is 0 Å². The van der Waals surface area contributed by atoms with Gasteiger partial charge in [0.25, 0.3) is 0 Å². The Labute approximate surface area is 113 Å².